The summed E-state index contributed by atoms with van der Waals surface area (Å²) < 4.78 is 8.52. The predicted molar refractivity (Wildman–Crippen MR) is 33.8 cm³/mol. The molecule has 0 aliphatic heterocycles. The average molecular weight is 167 g/mol. The van der Waals surface area contributed by atoms with Gasteiger partial charge in [-0.25, -0.2) is 4.79 Å². The Morgan fingerprint density at radius 3 is 2.40 bits per heavy atom. The third kappa shape index (κ3) is 5.37. The van der Waals surface area contributed by atoms with Crippen LogP contribution in [0.3, 0.4) is 0 Å². The zero-order valence-corrected chi connectivity index (χ0v) is 6.18. The largest absolute Gasteiger partial charge is 0.508 e. The molecular formula is C5H7ClO4. The molecule has 0 aromatic carbocycles. The summed E-state index contributed by atoms with van der Waals surface area (Å²) in [6.45, 7) is 1.40. The molecule has 0 saturated heterocycles. The summed E-state index contributed by atoms with van der Waals surface area (Å²) in [5.41, 5.74) is 0. The van der Waals surface area contributed by atoms with Crippen molar-refractivity contribution in [1.82, 2.24) is 0 Å². The van der Waals surface area contributed by atoms with Gasteiger partial charge in [0.2, 0.25) is 0 Å². The Kier molecular flexibility index (Phi) is 4.66. The van der Waals surface area contributed by atoms with E-state index >= 15 is 0 Å². The molecular weight excluding hydrogens is 160 g/mol. The van der Waals surface area contributed by atoms with Crippen LogP contribution in [0.2, 0.25) is 0 Å². The van der Waals surface area contributed by atoms with Gasteiger partial charge in [0.05, 0.1) is 6.61 Å². The van der Waals surface area contributed by atoms with E-state index in [0.717, 1.165) is 0 Å². The molecule has 0 bridgehead atoms. The number of hydrogen-bond donors (Lipinski definition) is 0. The zero-order chi connectivity index (χ0) is 7.98. The van der Waals surface area contributed by atoms with Crippen LogP contribution < -0.4 is 0 Å². The molecule has 0 spiro atoms. The SMILES string of the molecule is CCOC(=O)OCC(=O)Cl. The van der Waals surface area contributed by atoms with Crippen LogP contribution in [-0.2, 0) is 14.3 Å². The predicted octanol–water partition coefficient (Wildman–Crippen LogP) is 0.925. The van der Waals surface area contributed by atoms with Crippen LogP contribution in [0, 0.1) is 0 Å². The van der Waals surface area contributed by atoms with Gasteiger partial charge in [-0.3, -0.25) is 4.79 Å². The second kappa shape index (κ2) is 5.05. The van der Waals surface area contributed by atoms with Gasteiger partial charge in [-0.15, -0.1) is 0 Å². The highest BCUT2D eigenvalue weighted by molar-refractivity contribution is 6.63. The first-order valence-electron chi connectivity index (χ1n) is 2.64. The second-order valence-electron chi connectivity index (χ2n) is 1.33. The van der Waals surface area contributed by atoms with E-state index in [1.807, 2.05) is 0 Å². The molecule has 0 unspecified atom stereocenters. The Labute approximate surface area is 63.1 Å². The summed E-state index contributed by atoms with van der Waals surface area (Å²) in [5.74, 6) is 0. The van der Waals surface area contributed by atoms with Gasteiger partial charge in [0.15, 0.2) is 6.61 Å². The molecule has 0 radical (unpaired) electrons. The lowest BCUT2D eigenvalue weighted by molar-refractivity contribution is -0.115. The number of hydrogen-bond acceptors (Lipinski definition) is 4. The minimum atomic E-state index is -0.878. The Morgan fingerprint density at radius 1 is 1.40 bits per heavy atom. The number of carbonyl (C=O) groups is 2. The highest BCUT2D eigenvalue weighted by Crippen LogP contribution is 1.87. The van der Waals surface area contributed by atoms with Gasteiger partial charge in [-0.1, -0.05) is 0 Å². The summed E-state index contributed by atoms with van der Waals surface area (Å²) in [6.07, 6.45) is -0.878. The van der Waals surface area contributed by atoms with Crippen molar-refractivity contribution >= 4 is 23.0 Å². The highest BCUT2D eigenvalue weighted by atomic mass is 35.5. The summed E-state index contributed by atoms with van der Waals surface area (Å²) in [6, 6.07) is 0. The smallest absolute Gasteiger partial charge is 0.435 e. The van der Waals surface area contributed by atoms with Crippen molar-refractivity contribution < 1.29 is 19.1 Å². The summed E-state index contributed by atoms with van der Waals surface area (Å²) in [5, 5.41) is -0.729. The maximum absolute atomic E-state index is 10.3. The standard InChI is InChI=1S/C5H7ClO4/c1-2-9-5(8)10-3-4(6)7/h2-3H2,1H3. The Bertz CT molecular complexity index is 134. The van der Waals surface area contributed by atoms with Crippen LogP contribution >= 0.6 is 11.6 Å². The molecule has 0 amide bonds. The maximum Gasteiger partial charge on any atom is 0.508 e. The van der Waals surface area contributed by atoms with Crippen LogP contribution in [-0.4, -0.2) is 24.6 Å². The third-order valence-electron chi connectivity index (χ3n) is 0.566. The van der Waals surface area contributed by atoms with E-state index < -0.39 is 18.0 Å². The minimum absolute atomic E-state index is 0.218. The first-order valence-corrected chi connectivity index (χ1v) is 3.02. The number of halogens is 1. The van der Waals surface area contributed by atoms with E-state index in [9.17, 15) is 9.59 Å². The molecule has 0 N–H and O–H groups in total. The topological polar surface area (TPSA) is 52.6 Å². The van der Waals surface area contributed by atoms with E-state index in [4.69, 9.17) is 11.6 Å². The Balaban J connectivity index is 3.30. The van der Waals surface area contributed by atoms with E-state index in [-0.39, 0.29) is 6.61 Å². The van der Waals surface area contributed by atoms with Gasteiger partial charge < -0.3 is 9.47 Å². The fourth-order valence-electron chi connectivity index (χ4n) is 0.275. The van der Waals surface area contributed by atoms with Crippen LogP contribution in [0.1, 0.15) is 6.92 Å². The van der Waals surface area contributed by atoms with Gasteiger partial charge in [-0.2, -0.15) is 0 Å². The summed E-state index contributed by atoms with van der Waals surface area (Å²) in [4.78, 5) is 20.3. The van der Waals surface area contributed by atoms with Gasteiger partial charge in [0, 0.05) is 0 Å². The van der Waals surface area contributed by atoms with Crippen molar-refractivity contribution in [2.24, 2.45) is 0 Å². The van der Waals surface area contributed by atoms with Crippen molar-refractivity contribution in [2.45, 2.75) is 6.92 Å². The second-order valence-corrected chi connectivity index (χ2v) is 1.75. The molecule has 0 rings (SSSR count). The van der Waals surface area contributed by atoms with E-state index in [2.05, 4.69) is 9.47 Å². The van der Waals surface area contributed by atoms with Gasteiger partial charge >= 0.3 is 6.16 Å². The lowest BCUT2D eigenvalue weighted by atomic mass is 10.8. The summed E-state index contributed by atoms with van der Waals surface area (Å²) in [7, 11) is 0. The molecule has 10 heavy (non-hydrogen) atoms. The van der Waals surface area contributed by atoms with E-state index in [1.54, 1.807) is 6.92 Å². The first kappa shape index (κ1) is 9.23. The number of rotatable bonds is 3. The fourth-order valence-corrected chi connectivity index (χ4v) is 0.330. The van der Waals surface area contributed by atoms with Crippen LogP contribution in [0.25, 0.3) is 0 Å². The lowest BCUT2D eigenvalue weighted by Gasteiger charge is -1.99. The van der Waals surface area contributed by atoms with E-state index in [0.29, 0.717) is 0 Å². The maximum atomic E-state index is 10.3. The number of carbonyl (C=O) groups excluding carboxylic acids is 2. The first-order chi connectivity index (χ1) is 4.66. The van der Waals surface area contributed by atoms with Crippen molar-refractivity contribution in [2.75, 3.05) is 13.2 Å². The lowest BCUT2D eigenvalue weighted by Crippen LogP contribution is -2.11. The molecule has 58 valence electrons. The monoisotopic (exact) mass is 166 g/mol. The quantitative estimate of drug-likeness (QED) is 0.462. The Morgan fingerprint density at radius 2 is 2.00 bits per heavy atom. The highest BCUT2D eigenvalue weighted by Gasteiger charge is 2.03. The molecule has 0 aromatic rings. The molecule has 0 aliphatic rings. The fraction of sp³-hybridized carbons (Fsp3) is 0.600. The van der Waals surface area contributed by atoms with Crippen molar-refractivity contribution in [3.05, 3.63) is 0 Å². The van der Waals surface area contributed by atoms with Gasteiger partial charge in [-0.05, 0) is 18.5 Å². The van der Waals surface area contributed by atoms with Crippen LogP contribution in [0.4, 0.5) is 4.79 Å². The van der Waals surface area contributed by atoms with Crippen LogP contribution in [0.5, 0.6) is 0 Å². The van der Waals surface area contributed by atoms with Crippen molar-refractivity contribution in [3.63, 3.8) is 0 Å². The zero-order valence-electron chi connectivity index (χ0n) is 5.43. The molecule has 4 nitrogen and oxygen atoms in total. The van der Waals surface area contributed by atoms with Crippen molar-refractivity contribution in [3.8, 4) is 0 Å². The molecule has 0 fully saturated rings. The molecule has 0 aliphatic carbocycles. The normalized spacial score (nSPS) is 8.60. The van der Waals surface area contributed by atoms with Gasteiger partial charge in [0.1, 0.15) is 0 Å². The van der Waals surface area contributed by atoms with Crippen LogP contribution in [0.15, 0.2) is 0 Å². The van der Waals surface area contributed by atoms with E-state index in [1.165, 1.54) is 0 Å². The molecule has 5 heteroatoms. The molecule has 0 atom stereocenters. The number of ether oxygens (including phenoxy) is 2. The van der Waals surface area contributed by atoms with Crippen molar-refractivity contribution in [1.29, 1.82) is 0 Å². The molecule has 0 heterocycles. The molecule has 0 aromatic heterocycles. The average Bonchev–Trinajstić information content (AvgIpc) is 1.85. The minimum Gasteiger partial charge on any atom is -0.435 e. The Hall–Kier alpha value is -0.770. The third-order valence-corrected chi connectivity index (χ3v) is 0.675. The van der Waals surface area contributed by atoms with Gasteiger partial charge in [0.25, 0.3) is 5.24 Å². The molecule has 0 saturated carbocycles. The summed E-state index contributed by atoms with van der Waals surface area (Å²) >= 11 is 4.85.